The Hall–Kier alpha value is -2.22. The van der Waals surface area contributed by atoms with Gasteiger partial charge in [-0.25, -0.2) is 0 Å². The summed E-state index contributed by atoms with van der Waals surface area (Å²) in [6, 6.07) is 16.5. The van der Waals surface area contributed by atoms with Crippen molar-refractivity contribution in [2.45, 2.75) is 19.8 Å². The number of carbonyl (C=O) groups excluding carboxylic acids is 2. The molecule has 96 valence electrons. The third kappa shape index (κ3) is 2.97. The van der Waals surface area contributed by atoms with E-state index < -0.39 is 0 Å². The molecule has 1 atom stereocenters. The molecule has 0 spiro atoms. The van der Waals surface area contributed by atoms with Crippen LogP contribution in [-0.2, 0) is 4.79 Å². The fourth-order valence-electron chi connectivity index (χ4n) is 1.94. The Balaban J connectivity index is 2.34. The van der Waals surface area contributed by atoms with Gasteiger partial charge in [0.05, 0.1) is 0 Å². The molecule has 0 radical (unpaired) electrons. The zero-order valence-corrected chi connectivity index (χ0v) is 11.1. The second-order valence-corrected chi connectivity index (χ2v) is 4.65. The first-order valence-corrected chi connectivity index (χ1v) is 6.29. The van der Waals surface area contributed by atoms with Crippen molar-refractivity contribution in [3.63, 3.8) is 0 Å². The van der Waals surface area contributed by atoms with Crippen LogP contribution in [0.3, 0.4) is 0 Å². The topological polar surface area (TPSA) is 34.1 Å². The van der Waals surface area contributed by atoms with Crippen molar-refractivity contribution in [1.29, 1.82) is 0 Å². The van der Waals surface area contributed by atoms with E-state index in [0.717, 1.165) is 5.56 Å². The Labute approximate surface area is 113 Å². The molecule has 2 aromatic carbocycles. The van der Waals surface area contributed by atoms with Crippen LogP contribution in [0, 0.1) is 0 Å². The Morgan fingerprint density at radius 2 is 1.53 bits per heavy atom. The normalized spacial score (nSPS) is 11.9. The first-order valence-electron chi connectivity index (χ1n) is 6.29. The maximum atomic E-state index is 12.3. The largest absolute Gasteiger partial charge is 0.299 e. The monoisotopic (exact) mass is 252 g/mol. The van der Waals surface area contributed by atoms with Crippen LogP contribution in [0.1, 0.15) is 41.3 Å². The van der Waals surface area contributed by atoms with E-state index in [4.69, 9.17) is 0 Å². The maximum absolute atomic E-state index is 12.3. The fraction of sp³-hybridized carbons (Fsp3) is 0.176. The van der Waals surface area contributed by atoms with Crippen molar-refractivity contribution in [3.8, 4) is 0 Å². The Kier molecular flexibility index (Phi) is 3.91. The molecule has 0 saturated heterocycles. The summed E-state index contributed by atoms with van der Waals surface area (Å²) in [7, 11) is 0. The van der Waals surface area contributed by atoms with E-state index in [1.807, 2.05) is 37.3 Å². The second kappa shape index (κ2) is 5.61. The van der Waals surface area contributed by atoms with Crippen molar-refractivity contribution in [1.82, 2.24) is 0 Å². The molecule has 0 fully saturated rings. The van der Waals surface area contributed by atoms with Gasteiger partial charge in [0.2, 0.25) is 0 Å². The number of benzene rings is 2. The molecule has 0 unspecified atom stereocenters. The molecule has 0 aliphatic heterocycles. The minimum Gasteiger partial charge on any atom is -0.299 e. The first kappa shape index (κ1) is 13.2. The van der Waals surface area contributed by atoms with Crippen molar-refractivity contribution in [2.75, 3.05) is 0 Å². The standard InChI is InChI=1S/C17H16O2/c1-12(13(2)18)15-9-6-10-16(11-15)17(19)14-7-4-3-5-8-14/h3-12H,1-2H3/t12-/m0/s1. The molecule has 0 aliphatic rings. The summed E-state index contributed by atoms with van der Waals surface area (Å²) in [5, 5.41) is 0. The summed E-state index contributed by atoms with van der Waals surface area (Å²) < 4.78 is 0. The quantitative estimate of drug-likeness (QED) is 0.779. The van der Waals surface area contributed by atoms with Gasteiger partial charge >= 0.3 is 0 Å². The van der Waals surface area contributed by atoms with E-state index in [1.165, 1.54) is 0 Å². The molecule has 2 aromatic rings. The number of rotatable bonds is 4. The van der Waals surface area contributed by atoms with Gasteiger partial charge in [-0.3, -0.25) is 9.59 Å². The number of hydrogen-bond acceptors (Lipinski definition) is 2. The zero-order chi connectivity index (χ0) is 13.8. The number of carbonyl (C=O) groups is 2. The van der Waals surface area contributed by atoms with E-state index in [0.29, 0.717) is 11.1 Å². The van der Waals surface area contributed by atoms with Gasteiger partial charge < -0.3 is 0 Å². The Morgan fingerprint density at radius 1 is 0.895 bits per heavy atom. The molecule has 0 heterocycles. The summed E-state index contributed by atoms with van der Waals surface area (Å²) in [5.74, 6) is -0.0916. The highest BCUT2D eigenvalue weighted by atomic mass is 16.1. The van der Waals surface area contributed by atoms with E-state index in [2.05, 4.69) is 0 Å². The Bertz CT molecular complexity index is 600. The van der Waals surface area contributed by atoms with Crippen molar-refractivity contribution < 1.29 is 9.59 Å². The number of hydrogen-bond donors (Lipinski definition) is 0. The summed E-state index contributed by atoms with van der Waals surface area (Å²) in [5.41, 5.74) is 2.17. The van der Waals surface area contributed by atoms with Gasteiger partial charge in [0, 0.05) is 17.0 Å². The minimum atomic E-state index is -0.177. The molecular formula is C17H16O2. The van der Waals surface area contributed by atoms with Crippen LogP contribution in [0.5, 0.6) is 0 Å². The molecule has 0 amide bonds. The molecule has 0 aromatic heterocycles. The lowest BCUT2D eigenvalue weighted by Crippen LogP contribution is -2.07. The lowest BCUT2D eigenvalue weighted by molar-refractivity contribution is -0.118. The highest BCUT2D eigenvalue weighted by Crippen LogP contribution is 2.19. The van der Waals surface area contributed by atoms with Gasteiger partial charge in [0.1, 0.15) is 5.78 Å². The highest BCUT2D eigenvalue weighted by Gasteiger charge is 2.14. The summed E-state index contributed by atoms with van der Waals surface area (Å²) in [4.78, 5) is 23.7. The second-order valence-electron chi connectivity index (χ2n) is 4.65. The predicted molar refractivity (Wildman–Crippen MR) is 75.4 cm³/mol. The fourth-order valence-corrected chi connectivity index (χ4v) is 1.94. The molecule has 2 nitrogen and oxygen atoms in total. The van der Waals surface area contributed by atoms with E-state index >= 15 is 0 Å². The van der Waals surface area contributed by atoms with Gasteiger partial charge in [0.15, 0.2) is 5.78 Å². The third-order valence-electron chi connectivity index (χ3n) is 3.29. The lowest BCUT2D eigenvalue weighted by Gasteiger charge is -2.09. The summed E-state index contributed by atoms with van der Waals surface area (Å²) >= 11 is 0. The minimum absolute atomic E-state index is 0.0156. The van der Waals surface area contributed by atoms with Crippen LogP contribution < -0.4 is 0 Å². The molecular weight excluding hydrogens is 236 g/mol. The molecule has 2 rings (SSSR count). The van der Waals surface area contributed by atoms with Crippen LogP contribution >= 0.6 is 0 Å². The third-order valence-corrected chi connectivity index (χ3v) is 3.29. The SMILES string of the molecule is CC(=O)[C@H](C)c1cccc(C(=O)c2ccccc2)c1. The molecule has 0 aliphatic carbocycles. The lowest BCUT2D eigenvalue weighted by atomic mass is 9.94. The van der Waals surface area contributed by atoms with Gasteiger partial charge in [-0.15, -0.1) is 0 Å². The average molecular weight is 252 g/mol. The molecule has 2 heteroatoms. The van der Waals surface area contributed by atoms with E-state index in [-0.39, 0.29) is 17.5 Å². The number of ketones is 2. The summed E-state index contributed by atoms with van der Waals surface area (Å²) in [6.07, 6.45) is 0. The van der Waals surface area contributed by atoms with Crippen LogP contribution in [0.4, 0.5) is 0 Å². The van der Waals surface area contributed by atoms with Gasteiger partial charge in [0.25, 0.3) is 0 Å². The van der Waals surface area contributed by atoms with Crippen LogP contribution in [-0.4, -0.2) is 11.6 Å². The van der Waals surface area contributed by atoms with Crippen LogP contribution in [0.2, 0.25) is 0 Å². The molecule has 0 bridgehead atoms. The van der Waals surface area contributed by atoms with Crippen LogP contribution in [0.15, 0.2) is 54.6 Å². The van der Waals surface area contributed by atoms with E-state index in [1.54, 1.807) is 31.2 Å². The molecule has 19 heavy (non-hydrogen) atoms. The smallest absolute Gasteiger partial charge is 0.193 e. The van der Waals surface area contributed by atoms with Crippen molar-refractivity contribution in [2.24, 2.45) is 0 Å². The van der Waals surface area contributed by atoms with Gasteiger partial charge in [-0.05, 0) is 18.6 Å². The Morgan fingerprint density at radius 3 is 2.16 bits per heavy atom. The van der Waals surface area contributed by atoms with Crippen molar-refractivity contribution >= 4 is 11.6 Å². The van der Waals surface area contributed by atoms with Gasteiger partial charge in [-0.1, -0.05) is 55.5 Å². The van der Waals surface area contributed by atoms with E-state index in [9.17, 15) is 9.59 Å². The molecule has 0 N–H and O–H groups in total. The van der Waals surface area contributed by atoms with Crippen molar-refractivity contribution in [3.05, 3.63) is 71.3 Å². The predicted octanol–water partition coefficient (Wildman–Crippen LogP) is 3.61. The first-order chi connectivity index (χ1) is 9.09. The highest BCUT2D eigenvalue weighted by molar-refractivity contribution is 6.09. The summed E-state index contributed by atoms with van der Waals surface area (Å²) in [6.45, 7) is 3.42. The average Bonchev–Trinajstić information content (AvgIpc) is 2.46. The molecule has 0 saturated carbocycles. The zero-order valence-electron chi connectivity index (χ0n) is 11.1. The van der Waals surface area contributed by atoms with Gasteiger partial charge in [-0.2, -0.15) is 0 Å². The maximum Gasteiger partial charge on any atom is 0.193 e. The number of Topliss-reactive ketones (excluding diaryl/α,β-unsaturated/α-hetero) is 1. The van der Waals surface area contributed by atoms with Crippen LogP contribution in [0.25, 0.3) is 0 Å².